The van der Waals surface area contributed by atoms with E-state index in [1.54, 1.807) is 6.07 Å². The van der Waals surface area contributed by atoms with Crippen molar-refractivity contribution in [3.63, 3.8) is 0 Å². The summed E-state index contributed by atoms with van der Waals surface area (Å²) in [7, 11) is 1.53. The first-order chi connectivity index (χ1) is 7.22. The van der Waals surface area contributed by atoms with Gasteiger partial charge < -0.3 is 10.1 Å². The Bertz CT molecular complexity index is 364. The molecule has 0 spiro atoms. The molecule has 0 radical (unpaired) electrons. The van der Waals surface area contributed by atoms with Gasteiger partial charge in [-0.3, -0.25) is 0 Å². The average Bonchev–Trinajstić information content (AvgIpc) is 2.71. The first kappa shape index (κ1) is 10.7. The van der Waals surface area contributed by atoms with Crippen molar-refractivity contribution in [1.82, 2.24) is 5.32 Å². The van der Waals surface area contributed by atoms with Gasteiger partial charge in [0.05, 0.1) is 12.1 Å². The van der Waals surface area contributed by atoms with Gasteiger partial charge in [0.2, 0.25) is 0 Å². The summed E-state index contributed by atoms with van der Waals surface area (Å²) < 4.78 is 18.7. The van der Waals surface area contributed by atoms with E-state index in [1.807, 2.05) is 0 Å². The number of methoxy groups -OCH3 is 1. The third-order valence-electron chi connectivity index (χ3n) is 2.71. The van der Waals surface area contributed by atoms with Crippen LogP contribution in [0.4, 0.5) is 4.39 Å². The fourth-order valence-corrected chi connectivity index (χ4v) is 2.15. The SMILES string of the molecule is COc1cc(C2CCCN2)c(F)cc1Cl. The van der Waals surface area contributed by atoms with Crippen LogP contribution in [0.25, 0.3) is 0 Å². The van der Waals surface area contributed by atoms with Crippen molar-refractivity contribution in [2.24, 2.45) is 0 Å². The van der Waals surface area contributed by atoms with Crippen molar-refractivity contribution in [3.05, 3.63) is 28.5 Å². The van der Waals surface area contributed by atoms with Crippen LogP contribution in [0, 0.1) is 5.82 Å². The molecule has 1 saturated heterocycles. The summed E-state index contributed by atoms with van der Waals surface area (Å²) in [6.45, 7) is 0.940. The molecule has 0 aromatic heterocycles. The zero-order valence-electron chi connectivity index (χ0n) is 8.52. The van der Waals surface area contributed by atoms with E-state index in [0.29, 0.717) is 16.3 Å². The summed E-state index contributed by atoms with van der Waals surface area (Å²) >= 11 is 5.82. The standard InChI is InChI=1S/C11H13ClFNO/c1-15-11-5-7(9(13)6-8(11)12)10-3-2-4-14-10/h5-6,10,14H,2-4H2,1H3. The third-order valence-corrected chi connectivity index (χ3v) is 3.00. The lowest BCUT2D eigenvalue weighted by atomic mass is 10.0. The quantitative estimate of drug-likeness (QED) is 0.842. The Kier molecular flexibility index (Phi) is 3.12. The molecule has 1 unspecified atom stereocenters. The van der Waals surface area contributed by atoms with Crippen molar-refractivity contribution < 1.29 is 9.13 Å². The van der Waals surface area contributed by atoms with E-state index in [4.69, 9.17) is 16.3 Å². The molecule has 1 atom stereocenters. The topological polar surface area (TPSA) is 21.3 Å². The maximum Gasteiger partial charge on any atom is 0.137 e. The van der Waals surface area contributed by atoms with Gasteiger partial charge in [-0.2, -0.15) is 0 Å². The van der Waals surface area contributed by atoms with Crippen LogP contribution in [0.15, 0.2) is 12.1 Å². The first-order valence-corrected chi connectivity index (χ1v) is 5.36. The van der Waals surface area contributed by atoms with Crippen LogP contribution in [-0.2, 0) is 0 Å². The second kappa shape index (κ2) is 4.37. The molecule has 1 aromatic rings. The molecule has 1 aliphatic heterocycles. The van der Waals surface area contributed by atoms with Gasteiger partial charge in [0.1, 0.15) is 11.6 Å². The Morgan fingerprint density at radius 2 is 2.33 bits per heavy atom. The van der Waals surface area contributed by atoms with E-state index in [2.05, 4.69) is 5.32 Å². The molecule has 1 heterocycles. The number of halogens is 2. The number of hydrogen-bond acceptors (Lipinski definition) is 2. The lowest BCUT2D eigenvalue weighted by molar-refractivity contribution is 0.411. The van der Waals surface area contributed by atoms with Gasteiger partial charge in [-0.05, 0) is 31.5 Å². The lowest BCUT2D eigenvalue weighted by Crippen LogP contribution is -2.14. The minimum Gasteiger partial charge on any atom is -0.495 e. The summed E-state index contributed by atoms with van der Waals surface area (Å²) in [5.74, 6) is 0.266. The van der Waals surface area contributed by atoms with E-state index >= 15 is 0 Å². The molecule has 4 heteroatoms. The second-order valence-electron chi connectivity index (χ2n) is 3.66. The highest BCUT2D eigenvalue weighted by Gasteiger charge is 2.21. The average molecular weight is 230 g/mol. The lowest BCUT2D eigenvalue weighted by Gasteiger charge is -2.14. The number of benzene rings is 1. The smallest absolute Gasteiger partial charge is 0.137 e. The molecule has 1 aromatic carbocycles. The van der Waals surface area contributed by atoms with Gasteiger partial charge in [-0.1, -0.05) is 11.6 Å². The maximum atomic E-state index is 13.6. The molecule has 2 nitrogen and oxygen atoms in total. The zero-order chi connectivity index (χ0) is 10.8. The first-order valence-electron chi connectivity index (χ1n) is 4.98. The van der Waals surface area contributed by atoms with E-state index < -0.39 is 0 Å². The van der Waals surface area contributed by atoms with Gasteiger partial charge >= 0.3 is 0 Å². The molecule has 2 rings (SSSR count). The Labute approximate surface area is 93.4 Å². The molecule has 0 aliphatic carbocycles. The minimum atomic E-state index is -0.264. The predicted molar refractivity (Wildman–Crippen MR) is 57.9 cm³/mol. The largest absolute Gasteiger partial charge is 0.495 e. The zero-order valence-corrected chi connectivity index (χ0v) is 9.27. The van der Waals surface area contributed by atoms with E-state index in [-0.39, 0.29) is 11.9 Å². The van der Waals surface area contributed by atoms with Gasteiger partial charge in [0, 0.05) is 11.6 Å². The van der Waals surface area contributed by atoms with E-state index in [9.17, 15) is 4.39 Å². The van der Waals surface area contributed by atoms with Gasteiger partial charge in [0.15, 0.2) is 0 Å². The fraction of sp³-hybridized carbons (Fsp3) is 0.455. The summed E-state index contributed by atoms with van der Waals surface area (Å²) in [6.07, 6.45) is 2.04. The van der Waals surface area contributed by atoms with Crippen LogP contribution < -0.4 is 10.1 Å². The Balaban J connectivity index is 2.37. The predicted octanol–water partition coefficient (Wildman–Crippen LogP) is 2.91. The Morgan fingerprint density at radius 3 is 2.93 bits per heavy atom. The Hall–Kier alpha value is -0.800. The van der Waals surface area contributed by atoms with Crippen molar-refractivity contribution in [2.75, 3.05) is 13.7 Å². The summed E-state index contributed by atoms with van der Waals surface area (Å²) in [5.41, 5.74) is 0.647. The highest BCUT2D eigenvalue weighted by atomic mass is 35.5. The van der Waals surface area contributed by atoms with Gasteiger partial charge in [-0.25, -0.2) is 4.39 Å². The van der Waals surface area contributed by atoms with Crippen LogP contribution in [0.1, 0.15) is 24.4 Å². The van der Waals surface area contributed by atoms with Crippen LogP contribution in [0.2, 0.25) is 5.02 Å². The molecule has 82 valence electrons. The minimum absolute atomic E-state index is 0.0937. The van der Waals surface area contributed by atoms with Crippen LogP contribution >= 0.6 is 11.6 Å². The molecular weight excluding hydrogens is 217 g/mol. The summed E-state index contributed by atoms with van der Waals surface area (Å²) in [4.78, 5) is 0. The Morgan fingerprint density at radius 1 is 1.53 bits per heavy atom. The van der Waals surface area contributed by atoms with Crippen molar-refractivity contribution in [3.8, 4) is 5.75 Å². The summed E-state index contributed by atoms with van der Waals surface area (Å²) in [5, 5.41) is 3.56. The van der Waals surface area contributed by atoms with Crippen LogP contribution in [0.3, 0.4) is 0 Å². The molecule has 0 amide bonds. The normalized spacial score (nSPS) is 20.6. The number of rotatable bonds is 2. The molecule has 1 fully saturated rings. The molecule has 15 heavy (non-hydrogen) atoms. The highest BCUT2D eigenvalue weighted by molar-refractivity contribution is 6.32. The molecular formula is C11H13ClFNO. The van der Waals surface area contributed by atoms with E-state index in [1.165, 1.54) is 13.2 Å². The number of ether oxygens (including phenoxy) is 1. The molecule has 0 saturated carbocycles. The van der Waals surface area contributed by atoms with Gasteiger partial charge in [-0.15, -0.1) is 0 Å². The fourth-order valence-electron chi connectivity index (χ4n) is 1.92. The van der Waals surface area contributed by atoms with Crippen molar-refractivity contribution in [1.29, 1.82) is 0 Å². The maximum absolute atomic E-state index is 13.6. The summed E-state index contributed by atoms with van der Waals surface area (Å²) in [6, 6.07) is 3.09. The van der Waals surface area contributed by atoms with Crippen LogP contribution in [0.5, 0.6) is 5.75 Å². The molecule has 1 N–H and O–H groups in total. The van der Waals surface area contributed by atoms with E-state index in [0.717, 1.165) is 19.4 Å². The number of hydrogen-bond donors (Lipinski definition) is 1. The number of nitrogens with one attached hydrogen (secondary N) is 1. The van der Waals surface area contributed by atoms with Crippen molar-refractivity contribution >= 4 is 11.6 Å². The highest BCUT2D eigenvalue weighted by Crippen LogP contribution is 2.33. The van der Waals surface area contributed by atoms with Crippen LogP contribution in [-0.4, -0.2) is 13.7 Å². The van der Waals surface area contributed by atoms with Gasteiger partial charge in [0.25, 0.3) is 0 Å². The molecule has 1 aliphatic rings. The van der Waals surface area contributed by atoms with Crippen molar-refractivity contribution in [2.45, 2.75) is 18.9 Å². The second-order valence-corrected chi connectivity index (χ2v) is 4.06. The molecule has 0 bridgehead atoms. The monoisotopic (exact) mass is 229 g/mol. The third kappa shape index (κ3) is 2.08.